The molecule has 1 aliphatic rings. The van der Waals surface area contributed by atoms with E-state index in [1.54, 1.807) is 29.2 Å². The Hall–Kier alpha value is -3.59. The summed E-state index contributed by atoms with van der Waals surface area (Å²) in [5.41, 5.74) is 3.73. The molecule has 1 aromatic heterocycles. The van der Waals surface area contributed by atoms with Crippen molar-refractivity contribution in [3.05, 3.63) is 64.2 Å². The molecule has 1 fully saturated rings. The lowest BCUT2D eigenvalue weighted by Crippen LogP contribution is -2.28. The highest BCUT2D eigenvalue weighted by Crippen LogP contribution is 2.28. The third-order valence-electron chi connectivity index (χ3n) is 5.72. The minimum Gasteiger partial charge on any atom is -0.325 e. The van der Waals surface area contributed by atoms with Gasteiger partial charge in [0, 0.05) is 18.7 Å². The van der Waals surface area contributed by atoms with Crippen molar-refractivity contribution in [3.8, 4) is 0 Å². The fraction of sp³-hybridized carbons (Fsp3) is 0.292. The number of aryl methyl sites for hydroxylation is 3. The summed E-state index contributed by atoms with van der Waals surface area (Å²) in [6.07, 6.45) is 0.858. The summed E-state index contributed by atoms with van der Waals surface area (Å²) in [4.78, 5) is 40.1. The van der Waals surface area contributed by atoms with Gasteiger partial charge in [-0.25, -0.2) is 0 Å². The van der Waals surface area contributed by atoms with Crippen LogP contribution in [-0.2, 0) is 16.0 Å². The fourth-order valence-corrected chi connectivity index (χ4v) is 4.34. The fourth-order valence-electron chi connectivity index (χ4n) is 3.66. The molecule has 0 spiro atoms. The van der Waals surface area contributed by atoms with Gasteiger partial charge in [-0.1, -0.05) is 36.5 Å². The van der Waals surface area contributed by atoms with Gasteiger partial charge in [0.25, 0.3) is 5.91 Å². The Labute approximate surface area is 196 Å². The van der Waals surface area contributed by atoms with Crippen LogP contribution >= 0.6 is 11.3 Å². The molecule has 3 aromatic rings. The first-order valence-corrected chi connectivity index (χ1v) is 11.6. The summed E-state index contributed by atoms with van der Waals surface area (Å²) in [6.45, 7) is 6.27. The number of carbonyl (C=O) groups excluding carboxylic acids is 3. The Kier molecular flexibility index (Phi) is 6.50. The van der Waals surface area contributed by atoms with Gasteiger partial charge in [0.05, 0.1) is 17.2 Å². The number of benzene rings is 2. The molecular weight excluding hydrogens is 438 g/mol. The largest absolute Gasteiger partial charge is 0.325 e. The molecule has 0 aliphatic carbocycles. The van der Waals surface area contributed by atoms with E-state index in [0.717, 1.165) is 28.2 Å². The lowest BCUT2D eigenvalue weighted by atomic mass is 10.1. The highest BCUT2D eigenvalue weighted by Gasteiger charge is 2.35. The van der Waals surface area contributed by atoms with E-state index in [2.05, 4.69) is 20.8 Å². The molecule has 170 valence electrons. The number of para-hydroxylation sites is 1. The van der Waals surface area contributed by atoms with E-state index < -0.39 is 5.92 Å². The molecule has 2 N–H and O–H groups in total. The summed E-state index contributed by atoms with van der Waals surface area (Å²) in [5, 5.41) is 14.8. The molecule has 0 radical (unpaired) electrons. The van der Waals surface area contributed by atoms with Crippen molar-refractivity contribution in [1.82, 2.24) is 10.2 Å². The topological polar surface area (TPSA) is 104 Å². The molecule has 0 saturated carbocycles. The van der Waals surface area contributed by atoms with E-state index in [-0.39, 0.29) is 24.1 Å². The van der Waals surface area contributed by atoms with Crippen molar-refractivity contribution in [3.63, 3.8) is 0 Å². The van der Waals surface area contributed by atoms with Crippen LogP contribution in [0.2, 0.25) is 0 Å². The molecule has 1 atom stereocenters. The Morgan fingerprint density at radius 3 is 2.61 bits per heavy atom. The number of hydrogen-bond donors (Lipinski definition) is 2. The van der Waals surface area contributed by atoms with Gasteiger partial charge in [0.2, 0.25) is 16.9 Å². The monoisotopic (exact) mass is 463 g/mol. The Balaban J connectivity index is 1.46. The SMILES string of the molecule is CCc1nnc(NC(=O)c2ccccc2NC(=O)C2CC(=O)N(c3ccc(C)c(C)c3)C2)s1. The van der Waals surface area contributed by atoms with Gasteiger partial charge in [-0.2, -0.15) is 0 Å². The highest BCUT2D eigenvalue weighted by atomic mass is 32.1. The molecular formula is C24H25N5O3S. The standard InChI is InChI=1S/C24H25N5O3S/c1-4-20-27-28-24(33-20)26-23(32)18-7-5-6-8-19(18)25-22(31)16-12-21(30)29(13-16)17-10-9-14(2)15(3)11-17/h5-11,16H,4,12-13H2,1-3H3,(H,25,31)(H,26,28,32). The van der Waals surface area contributed by atoms with Gasteiger partial charge >= 0.3 is 0 Å². The van der Waals surface area contributed by atoms with Crippen LogP contribution in [0.15, 0.2) is 42.5 Å². The van der Waals surface area contributed by atoms with Crippen LogP contribution in [0.3, 0.4) is 0 Å². The van der Waals surface area contributed by atoms with Crippen LogP contribution in [0, 0.1) is 19.8 Å². The maximum atomic E-state index is 13.0. The van der Waals surface area contributed by atoms with Crippen molar-refractivity contribution in [2.75, 3.05) is 22.1 Å². The van der Waals surface area contributed by atoms with Crippen LogP contribution < -0.4 is 15.5 Å². The highest BCUT2D eigenvalue weighted by molar-refractivity contribution is 7.15. The third kappa shape index (κ3) is 4.93. The molecule has 9 heteroatoms. The average Bonchev–Trinajstić information content (AvgIpc) is 3.42. The maximum absolute atomic E-state index is 13.0. The molecule has 4 rings (SSSR count). The number of nitrogens with one attached hydrogen (secondary N) is 2. The van der Waals surface area contributed by atoms with Crippen LogP contribution in [0.4, 0.5) is 16.5 Å². The van der Waals surface area contributed by atoms with Gasteiger partial charge in [-0.05, 0) is 55.7 Å². The van der Waals surface area contributed by atoms with E-state index in [0.29, 0.717) is 22.9 Å². The quantitative estimate of drug-likeness (QED) is 0.576. The van der Waals surface area contributed by atoms with Crippen molar-refractivity contribution < 1.29 is 14.4 Å². The van der Waals surface area contributed by atoms with E-state index >= 15 is 0 Å². The minimum atomic E-state index is -0.509. The number of aromatic nitrogens is 2. The zero-order valence-electron chi connectivity index (χ0n) is 18.7. The zero-order valence-corrected chi connectivity index (χ0v) is 19.5. The summed E-state index contributed by atoms with van der Waals surface area (Å²) in [7, 11) is 0. The number of rotatable bonds is 6. The minimum absolute atomic E-state index is 0.0903. The lowest BCUT2D eigenvalue weighted by Gasteiger charge is -2.18. The first-order valence-electron chi connectivity index (χ1n) is 10.8. The number of hydrogen-bond acceptors (Lipinski definition) is 6. The Morgan fingerprint density at radius 1 is 1.09 bits per heavy atom. The second kappa shape index (κ2) is 9.50. The molecule has 2 aromatic carbocycles. The summed E-state index contributed by atoms with van der Waals surface area (Å²) in [5.74, 6) is -1.28. The van der Waals surface area contributed by atoms with Gasteiger partial charge in [0.15, 0.2) is 0 Å². The smallest absolute Gasteiger partial charge is 0.259 e. The predicted molar refractivity (Wildman–Crippen MR) is 129 cm³/mol. The molecule has 2 heterocycles. The second-order valence-electron chi connectivity index (χ2n) is 8.02. The number of carbonyl (C=O) groups is 3. The summed E-state index contributed by atoms with van der Waals surface area (Å²) < 4.78 is 0. The molecule has 3 amide bonds. The first kappa shape index (κ1) is 22.6. The summed E-state index contributed by atoms with van der Waals surface area (Å²) >= 11 is 1.31. The Morgan fingerprint density at radius 2 is 1.88 bits per heavy atom. The number of nitrogens with zero attached hydrogens (tertiary/aromatic N) is 3. The van der Waals surface area contributed by atoms with Crippen LogP contribution in [0.1, 0.15) is 39.8 Å². The first-order chi connectivity index (χ1) is 15.9. The predicted octanol–water partition coefficient (Wildman–Crippen LogP) is 3.96. The third-order valence-corrected chi connectivity index (χ3v) is 6.70. The van der Waals surface area contributed by atoms with E-state index in [1.165, 1.54) is 11.3 Å². The van der Waals surface area contributed by atoms with Crippen LogP contribution in [-0.4, -0.2) is 34.5 Å². The second-order valence-corrected chi connectivity index (χ2v) is 9.08. The number of anilines is 3. The molecule has 0 bridgehead atoms. The Bertz CT molecular complexity index is 1220. The zero-order chi connectivity index (χ0) is 23.5. The van der Waals surface area contributed by atoms with E-state index in [4.69, 9.17) is 0 Å². The van der Waals surface area contributed by atoms with Crippen molar-refractivity contribution >= 4 is 45.6 Å². The van der Waals surface area contributed by atoms with Gasteiger partial charge in [-0.3, -0.25) is 19.7 Å². The van der Waals surface area contributed by atoms with Gasteiger partial charge in [-0.15, -0.1) is 10.2 Å². The van der Waals surface area contributed by atoms with Crippen LogP contribution in [0.5, 0.6) is 0 Å². The molecule has 1 unspecified atom stereocenters. The maximum Gasteiger partial charge on any atom is 0.259 e. The molecule has 8 nitrogen and oxygen atoms in total. The van der Waals surface area contributed by atoms with Crippen molar-refractivity contribution in [2.24, 2.45) is 5.92 Å². The van der Waals surface area contributed by atoms with Gasteiger partial charge < -0.3 is 10.2 Å². The average molecular weight is 464 g/mol. The van der Waals surface area contributed by atoms with Crippen molar-refractivity contribution in [2.45, 2.75) is 33.6 Å². The van der Waals surface area contributed by atoms with Crippen LogP contribution in [0.25, 0.3) is 0 Å². The van der Waals surface area contributed by atoms with E-state index in [1.807, 2.05) is 39.0 Å². The molecule has 1 saturated heterocycles. The normalized spacial score (nSPS) is 15.5. The van der Waals surface area contributed by atoms with E-state index in [9.17, 15) is 14.4 Å². The molecule has 33 heavy (non-hydrogen) atoms. The number of amides is 3. The summed E-state index contributed by atoms with van der Waals surface area (Å²) in [6, 6.07) is 12.6. The lowest BCUT2D eigenvalue weighted by molar-refractivity contribution is -0.122. The van der Waals surface area contributed by atoms with Crippen molar-refractivity contribution in [1.29, 1.82) is 0 Å². The molecule has 1 aliphatic heterocycles. The van der Waals surface area contributed by atoms with Gasteiger partial charge in [0.1, 0.15) is 5.01 Å².